The molecule has 0 atom stereocenters. The van der Waals surface area contributed by atoms with Crippen molar-refractivity contribution in [3.05, 3.63) is 18.0 Å². The van der Waals surface area contributed by atoms with Crippen LogP contribution in [0.4, 0.5) is 0 Å². The van der Waals surface area contributed by atoms with Gasteiger partial charge in [0.05, 0.1) is 18.0 Å². The number of unbranched alkanes of at least 4 members (excludes halogenated alkanes) is 1. The van der Waals surface area contributed by atoms with Crippen molar-refractivity contribution < 1.29 is 8.42 Å². The Morgan fingerprint density at radius 1 is 1.39 bits per heavy atom. The molecule has 0 unspecified atom stereocenters. The molecule has 0 bridgehead atoms. The molecule has 18 heavy (non-hydrogen) atoms. The molecule has 1 rings (SSSR count). The maximum absolute atomic E-state index is 11.7. The Hall–Kier alpha value is -0.920. The lowest BCUT2D eigenvalue weighted by molar-refractivity contribution is 0.570. The summed E-state index contributed by atoms with van der Waals surface area (Å²) in [5.41, 5.74) is 0.853. The van der Waals surface area contributed by atoms with E-state index in [1.165, 1.54) is 0 Å². The molecule has 0 saturated carbocycles. The van der Waals surface area contributed by atoms with Crippen LogP contribution in [0.5, 0.6) is 0 Å². The summed E-state index contributed by atoms with van der Waals surface area (Å²) in [6.07, 6.45) is 3.20. The molecule has 6 nitrogen and oxygen atoms in total. The number of nitrogens with one attached hydrogen (secondary N) is 2. The van der Waals surface area contributed by atoms with Crippen LogP contribution in [0.1, 0.15) is 25.5 Å². The van der Waals surface area contributed by atoms with Gasteiger partial charge in [-0.05, 0) is 32.0 Å². The Bertz CT molecular complexity index is 442. The standard InChI is InChI=1S/C11H22N4O2S/c1-3-12-7-4-5-9-18(16,17)14-10-11-6-8-13-15(11)2/h6,8,12,14H,3-5,7,9-10H2,1-2H3. The summed E-state index contributed by atoms with van der Waals surface area (Å²) in [4.78, 5) is 0. The Kier molecular flexibility index (Phi) is 6.31. The van der Waals surface area contributed by atoms with Crippen molar-refractivity contribution in [3.8, 4) is 0 Å². The molecule has 0 saturated heterocycles. The maximum atomic E-state index is 11.7. The fourth-order valence-electron chi connectivity index (χ4n) is 1.55. The summed E-state index contributed by atoms with van der Waals surface area (Å²) in [6, 6.07) is 1.80. The minimum atomic E-state index is -3.18. The van der Waals surface area contributed by atoms with Gasteiger partial charge in [-0.2, -0.15) is 5.10 Å². The molecular weight excluding hydrogens is 252 g/mol. The highest BCUT2D eigenvalue weighted by molar-refractivity contribution is 7.89. The van der Waals surface area contributed by atoms with Crippen molar-refractivity contribution in [2.24, 2.45) is 7.05 Å². The zero-order chi connectivity index (χ0) is 13.4. The van der Waals surface area contributed by atoms with Gasteiger partial charge in [0.15, 0.2) is 0 Å². The van der Waals surface area contributed by atoms with E-state index in [0.29, 0.717) is 13.0 Å². The monoisotopic (exact) mass is 274 g/mol. The molecule has 104 valence electrons. The lowest BCUT2D eigenvalue weighted by atomic mass is 10.3. The number of aromatic nitrogens is 2. The van der Waals surface area contributed by atoms with E-state index < -0.39 is 10.0 Å². The Morgan fingerprint density at radius 2 is 2.17 bits per heavy atom. The first kappa shape index (κ1) is 15.1. The molecule has 0 aromatic carbocycles. The van der Waals surface area contributed by atoms with Gasteiger partial charge in [0.25, 0.3) is 0 Å². The van der Waals surface area contributed by atoms with Gasteiger partial charge < -0.3 is 5.32 Å². The van der Waals surface area contributed by atoms with Gasteiger partial charge in [0, 0.05) is 13.2 Å². The number of rotatable bonds is 9. The molecule has 2 N–H and O–H groups in total. The van der Waals surface area contributed by atoms with Crippen LogP contribution in [0, 0.1) is 0 Å². The van der Waals surface area contributed by atoms with Crippen molar-refractivity contribution in [3.63, 3.8) is 0 Å². The molecular formula is C11H22N4O2S. The third-order valence-electron chi connectivity index (χ3n) is 2.66. The SMILES string of the molecule is CCNCCCCS(=O)(=O)NCc1ccnn1C. The zero-order valence-electron chi connectivity index (χ0n) is 11.0. The van der Waals surface area contributed by atoms with Crippen LogP contribution >= 0.6 is 0 Å². The molecule has 0 fully saturated rings. The van der Waals surface area contributed by atoms with E-state index in [4.69, 9.17) is 0 Å². The van der Waals surface area contributed by atoms with Gasteiger partial charge in [-0.25, -0.2) is 13.1 Å². The van der Waals surface area contributed by atoms with E-state index in [-0.39, 0.29) is 5.75 Å². The number of hydrogen-bond donors (Lipinski definition) is 2. The van der Waals surface area contributed by atoms with Crippen LogP contribution in [-0.4, -0.2) is 37.0 Å². The first-order valence-electron chi connectivity index (χ1n) is 6.20. The van der Waals surface area contributed by atoms with Crippen LogP contribution in [0.2, 0.25) is 0 Å². The van der Waals surface area contributed by atoms with E-state index >= 15 is 0 Å². The number of sulfonamides is 1. The molecule has 1 aromatic rings. The summed E-state index contributed by atoms with van der Waals surface area (Å²) in [6.45, 7) is 4.12. The van der Waals surface area contributed by atoms with E-state index in [2.05, 4.69) is 15.1 Å². The van der Waals surface area contributed by atoms with Gasteiger partial charge in [0.1, 0.15) is 0 Å². The fraction of sp³-hybridized carbons (Fsp3) is 0.727. The Balaban J connectivity index is 2.25. The van der Waals surface area contributed by atoms with Crippen LogP contribution in [0.15, 0.2) is 12.3 Å². The van der Waals surface area contributed by atoms with Crippen LogP contribution in [0.3, 0.4) is 0 Å². The van der Waals surface area contributed by atoms with Crippen molar-refractivity contribution in [2.75, 3.05) is 18.8 Å². The predicted octanol–water partition coefficient (Wildman–Crippen LogP) is 0.229. The highest BCUT2D eigenvalue weighted by Crippen LogP contribution is 1.99. The van der Waals surface area contributed by atoms with E-state index in [1.807, 2.05) is 6.92 Å². The third-order valence-corrected chi connectivity index (χ3v) is 4.07. The van der Waals surface area contributed by atoms with Crippen LogP contribution in [-0.2, 0) is 23.6 Å². The van der Waals surface area contributed by atoms with E-state index in [9.17, 15) is 8.42 Å². The number of aryl methyl sites for hydroxylation is 1. The quantitative estimate of drug-likeness (QED) is 0.632. The third kappa shape index (κ3) is 5.61. The average molecular weight is 274 g/mol. The average Bonchev–Trinajstić information content (AvgIpc) is 2.72. The molecule has 1 heterocycles. The van der Waals surface area contributed by atoms with Crippen molar-refractivity contribution in [1.29, 1.82) is 0 Å². The molecule has 1 aromatic heterocycles. The second-order valence-electron chi connectivity index (χ2n) is 4.15. The summed E-state index contributed by atoms with van der Waals surface area (Å²) >= 11 is 0. The second kappa shape index (κ2) is 7.50. The van der Waals surface area contributed by atoms with Crippen molar-refractivity contribution in [1.82, 2.24) is 19.8 Å². The van der Waals surface area contributed by atoms with Gasteiger partial charge in [-0.1, -0.05) is 6.92 Å². The number of nitrogens with zero attached hydrogens (tertiary/aromatic N) is 2. The molecule has 0 aliphatic rings. The lowest BCUT2D eigenvalue weighted by Crippen LogP contribution is -2.27. The molecule has 0 aliphatic carbocycles. The first-order valence-corrected chi connectivity index (χ1v) is 7.85. The lowest BCUT2D eigenvalue weighted by Gasteiger charge is -2.07. The van der Waals surface area contributed by atoms with Crippen molar-refractivity contribution >= 4 is 10.0 Å². The van der Waals surface area contributed by atoms with Gasteiger partial charge in [0.2, 0.25) is 10.0 Å². The van der Waals surface area contributed by atoms with Gasteiger partial charge in [-0.3, -0.25) is 4.68 Å². The molecule has 0 spiro atoms. The molecule has 0 radical (unpaired) electrons. The Morgan fingerprint density at radius 3 is 2.78 bits per heavy atom. The fourth-order valence-corrected chi connectivity index (χ4v) is 2.65. The highest BCUT2D eigenvalue weighted by atomic mass is 32.2. The summed E-state index contributed by atoms with van der Waals surface area (Å²) in [5, 5.41) is 7.16. The highest BCUT2D eigenvalue weighted by Gasteiger charge is 2.10. The largest absolute Gasteiger partial charge is 0.317 e. The summed E-state index contributed by atoms with van der Waals surface area (Å²) in [7, 11) is -1.39. The van der Waals surface area contributed by atoms with E-state index in [0.717, 1.165) is 25.2 Å². The Labute approximate surface area is 109 Å². The predicted molar refractivity (Wildman–Crippen MR) is 71.6 cm³/mol. The summed E-state index contributed by atoms with van der Waals surface area (Å²) in [5.74, 6) is 0.177. The minimum absolute atomic E-state index is 0.177. The topological polar surface area (TPSA) is 76.0 Å². The molecule has 0 aliphatic heterocycles. The number of hydrogen-bond acceptors (Lipinski definition) is 4. The van der Waals surface area contributed by atoms with Crippen molar-refractivity contribution in [2.45, 2.75) is 26.3 Å². The van der Waals surface area contributed by atoms with Gasteiger partial charge in [-0.15, -0.1) is 0 Å². The smallest absolute Gasteiger partial charge is 0.211 e. The maximum Gasteiger partial charge on any atom is 0.211 e. The minimum Gasteiger partial charge on any atom is -0.317 e. The van der Waals surface area contributed by atoms with E-state index in [1.54, 1.807) is 24.0 Å². The summed E-state index contributed by atoms with van der Waals surface area (Å²) < 4.78 is 27.7. The van der Waals surface area contributed by atoms with Gasteiger partial charge >= 0.3 is 0 Å². The first-order chi connectivity index (χ1) is 8.55. The normalized spacial score (nSPS) is 11.9. The zero-order valence-corrected chi connectivity index (χ0v) is 11.8. The van der Waals surface area contributed by atoms with Crippen LogP contribution < -0.4 is 10.0 Å². The second-order valence-corrected chi connectivity index (χ2v) is 6.07. The molecule has 0 amide bonds. The molecule has 7 heteroatoms. The van der Waals surface area contributed by atoms with Crippen LogP contribution in [0.25, 0.3) is 0 Å².